The maximum absolute atomic E-state index is 5.71. The molecule has 1 aromatic heterocycles. The molecule has 0 atom stereocenters. The number of rotatable bonds is 8. The zero-order valence-electron chi connectivity index (χ0n) is 17.4. The number of nitrogens with zero attached hydrogens (tertiary/aromatic N) is 4. The molecule has 0 radical (unpaired) electrons. The lowest BCUT2D eigenvalue weighted by atomic mass is 9.79. The van der Waals surface area contributed by atoms with E-state index < -0.39 is 0 Å². The third-order valence-electron chi connectivity index (χ3n) is 6.06. The lowest BCUT2D eigenvalue weighted by Crippen LogP contribution is -2.59. The molecule has 0 unspecified atom stereocenters. The van der Waals surface area contributed by atoms with Crippen molar-refractivity contribution in [2.75, 3.05) is 39.9 Å². The van der Waals surface area contributed by atoms with Gasteiger partial charge in [-0.2, -0.15) is 4.98 Å². The van der Waals surface area contributed by atoms with Gasteiger partial charge in [0.2, 0.25) is 11.7 Å². The fourth-order valence-corrected chi connectivity index (χ4v) is 4.69. The van der Waals surface area contributed by atoms with Gasteiger partial charge in [-0.05, 0) is 32.0 Å². The van der Waals surface area contributed by atoms with Crippen molar-refractivity contribution in [1.82, 2.24) is 19.9 Å². The first kappa shape index (κ1) is 20.3. The van der Waals surface area contributed by atoms with Crippen molar-refractivity contribution in [3.63, 3.8) is 0 Å². The number of benzene rings is 1. The van der Waals surface area contributed by atoms with Gasteiger partial charge in [-0.15, -0.1) is 0 Å². The minimum absolute atomic E-state index is 0.246. The molecule has 2 heterocycles. The van der Waals surface area contributed by atoms with E-state index >= 15 is 0 Å². The summed E-state index contributed by atoms with van der Waals surface area (Å²) in [4.78, 5) is 9.51. The first-order chi connectivity index (χ1) is 14.2. The van der Waals surface area contributed by atoms with E-state index in [1.165, 1.54) is 32.1 Å². The third-order valence-corrected chi connectivity index (χ3v) is 6.06. The van der Waals surface area contributed by atoms with E-state index in [4.69, 9.17) is 14.0 Å². The molecule has 29 heavy (non-hydrogen) atoms. The van der Waals surface area contributed by atoms with E-state index in [9.17, 15) is 0 Å². The van der Waals surface area contributed by atoms with Crippen molar-refractivity contribution in [1.29, 1.82) is 0 Å². The van der Waals surface area contributed by atoms with Crippen LogP contribution in [0.15, 0.2) is 34.9 Å². The van der Waals surface area contributed by atoms with Gasteiger partial charge in [0.25, 0.3) is 0 Å². The molecule has 1 aliphatic carbocycles. The summed E-state index contributed by atoms with van der Waals surface area (Å²) >= 11 is 0. The number of likely N-dealkylation sites (N-methyl/N-ethyl adjacent to an activating group) is 1. The molecule has 158 valence electrons. The molecule has 7 heteroatoms. The SMILES string of the molecule is CN(Cc1nc(COc2ccccc2)no1)CC1(N2CCOCC2)CCCCC1. The Morgan fingerprint density at radius 1 is 1.10 bits per heavy atom. The highest BCUT2D eigenvalue weighted by atomic mass is 16.5. The summed E-state index contributed by atoms with van der Waals surface area (Å²) in [6.07, 6.45) is 6.50. The van der Waals surface area contributed by atoms with Gasteiger partial charge in [-0.1, -0.05) is 42.6 Å². The van der Waals surface area contributed by atoms with E-state index in [1.54, 1.807) is 0 Å². The Balaban J connectivity index is 1.33. The number of para-hydroxylation sites is 1. The summed E-state index contributed by atoms with van der Waals surface area (Å²) in [5.41, 5.74) is 0.246. The largest absolute Gasteiger partial charge is 0.485 e. The van der Waals surface area contributed by atoms with Crippen LogP contribution in [0.25, 0.3) is 0 Å². The zero-order valence-corrected chi connectivity index (χ0v) is 17.4. The van der Waals surface area contributed by atoms with Gasteiger partial charge in [0.05, 0.1) is 19.8 Å². The van der Waals surface area contributed by atoms with Crippen molar-refractivity contribution in [3.8, 4) is 5.75 Å². The highest BCUT2D eigenvalue weighted by Gasteiger charge is 2.39. The molecular formula is C22H32N4O3. The second-order valence-corrected chi connectivity index (χ2v) is 8.26. The van der Waals surface area contributed by atoms with Crippen LogP contribution in [-0.2, 0) is 17.9 Å². The molecule has 0 N–H and O–H groups in total. The lowest BCUT2D eigenvalue weighted by Gasteiger charge is -2.49. The first-order valence-electron chi connectivity index (χ1n) is 10.7. The van der Waals surface area contributed by atoms with E-state index in [-0.39, 0.29) is 5.54 Å². The smallest absolute Gasteiger partial charge is 0.240 e. The number of hydrogen-bond donors (Lipinski definition) is 0. The highest BCUT2D eigenvalue weighted by Crippen LogP contribution is 2.35. The molecule has 2 aliphatic rings. The van der Waals surface area contributed by atoms with Crippen molar-refractivity contribution in [3.05, 3.63) is 42.0 Å². The van der Waals surface area contributed by atoms with Gasteiger partial charge < -0.3 is 14.0 Å². The van der Waals surface area contributed by atoms with Crippen LogP contribution in [0.5, 0.6) is 5.75 Å². The van der Waals surface area contributed by atoms with Crippen molar-refractivity contribution < 1.29 is 14.0 Å². The van der Waals surface area contributed by atoms with Crippen LogP contribution >= 0.6 is 0 Å². The molecule has 0 amide bonds. The molecule has 0 spiro atoms. The monoisotopic (exact) mass is 400 g/mol. The Morgan fingerprint density at radius 2 is 1.86 bits per heavy atom. The molecule has 1 aromatic carbocycles. The zero-order chi connectivity index (χ0) is 19.9. The summed E-state index contributed by atoms with van der Waals surface area (Å²) in [7, 11) is 2.15. The van der Waals surface area contributed by atoms with Gasteiger partial charge in [-0.3, -0.25) is 9.80 Å². The average Bonchev–Trinajstić information content (AvgIpc) is 3.21. The second-order valence-electron chi connectivity index (χ2n) is 8.26. The van der Waals surface area contributed by atoms with Crippen molar-refractivity contribution >= 4 is 0 Å². The van der Waals surface area contributed by atoms with Crippen LogP contribution in [0.1, 0.15) is 43.8 Å². The van der Waals surface area contributed by atoms with Crippen molar-refractivity contribution in [2.45, 2.75) is 50.8 Å². The Kier molecular flexibility index (Phi) is 6.79. The molecule has 1 saturated heterocycles. The highest BCUT2D eigenvalue weighted by molar-refractivity contribution is 5.20. The van der Waals surface area contributed by atoms with Gasteiger partial charge >= 0.3 is 0 Å². The van der Waals surface area contributed by atoms with Gasteiger partial charge in [0, 0.05) is 25.2 Å². The number of aromatic nitrogens is 2. The third kappa shape index (κ3) is 5.35. The minimum Gasteiger partial charge on any atom is -0.485 e. The quantitative estimate of drug-likeness (QED) is 0.675. The molecule has 2 aromatic rings. The van der Waals surface area contributed by atoms with Gasteiger partial charge in [0.15, 0.2) is 6.61 Å². The molecular weight excluding hydrogens is 368 g/mol. The fourth-order valence-electron chi connectivity index (χ4n) is 4.69. The summed E-state index contributed by atoms with van der Waals surface area (Å²) in [6, 6.07) is 9.70. The normalized spacial score (nSPS) is 20.1. The Bertz CT molecular complexity index is 740. The van der Waals surface area contributed by atoms with Crippen LogP contribution in [0, 0.1) is 0 Å². The van der Waals surface area contributed by atoms with E-state index in [2.05, 4.69) is 27.0 Å². The predicted molar refractivity (Wildman–Crippen MR) is 110 cm³/mol. The molecule has 1 saturated carbocycles. The minimum atomic E-state index is 0.246. The maximum Gasteiger partial charge on any atom is 0.240 e. The number of ether oxygens (including phenoxy) is 2. The Hall–Kier alpha value is -1.96. The maximum atomic E-state index is 5.71. The van der Waals surface area contributed by atoms with Crippen LogP contribution < -0.4 is 4.74 Å². The molecule has 0 bridgehead atoms. The van der Waals surface area contributed by atoms with Crippen molar-refractivity contribution in [2.24, 2.45) is 0 Å². The van der Waals surface area contributed by atoms with E-state index in [0.29, 0.717) is 24.9 Å². The van der Waals surface area contributed by atoms with E-state index in [0.717, 1.165) is 38.6 Å². The van der Waals surface area contributed by atoms with Crippen LogP contribution in [0.3, 0.4) is 0 Å². The first-order valence-corrected chi connectivity index (χ1v) is 10.7. The summed E-state index contributed by atoms with van der Waals surface area (Å²) in [6.45, 7) is 5.76. The molecule has 4 rings (SSSR count). The van der Waals surface area contributed by atoms with Crippen LogP contribution in [0.2, 0.25) is 0 Å². The Labute approximate surface area is 173 Å². The lowest BCUT2D eigenvalue weighted by molar-refractivity contribution is -0.0497. The molecule has 7 nitrogen and oxygen atoms in total. The number of hydrogen-bond acceptors (Lipinski definition) is 7. The predicted octanol–water partition coefficient (Wildman–Crippen LogP) is 3.12. The van der Waals surface area contributed by atoms with Gasteiger partial charge in [-0.25, -0.2) is 0 Å². The van der Waals surface area contributed by atoms with Gasteiger partial charge in [0.1, 0.15) is 5.75 Å². The fraction of sp³-hybridized carbons (Fsp3) is 0.636. The topological polar surface area (TPSA) is 63.9 Å². The number of morpholine rings is 1. The Morgan fingerprint density at radius 3 is 2.62 bits per heavy atom. The summed E-state index contributed by atoms with van der Waals surface area (Å²) < 4.78 is 16.8. The average molecular weight is 401 g/mol. The van der Waals surface area contributed by atoms with Crippen LogP contribution in [-0.4, -0.2) is 65.4 Å². The summed E-state index contributed by atoms with van der Waals surface area (Å²) in [5.74, 6) is 2.03. The molecule has 1 aliphatic heterocycles. The second kappa shape index (κ2) is 9.69. The standard InChI is InChI=1S/C22H32N4O3/c1-25(18-22(10-6-3-7-11-22)26-12-14-27-15-13-26)16-21-23-20(24-29-21)17-28-19-8-4-2-5-9-19/h2,4-5,8-9H,3,6-7,10-18H2,1H3. The summed E-state index contributed by atoms with van der Waals surface area (Å²) in [5, 5.41) is 4.07. The van der Waals surface area contributed by atoms with E-state index in [1.807, 2.05) is 30.3 Å². The van der Waals surface area contributed by atoms with Crippen LogP contribution in [0.4, 0.5) is 0 Å². The molecule has 2 fully saturated rings.